The normalized spacial score (nSPS) is 10.2. The highest BCUT2D eigenvalue weighted by Crippen LogP contribution is 2.23. The summed E-state index contributed by atoms with van der Waals surface area (Å²) in [6, 6.07) is 26.5. The van der Waals surface area contributed by atoms with E-state index in [9.17, 15) is 0 Å². The number of aryl methyl sites for hydroxylation is 2. The number of hydrogen-bond acceptors (Lipinski definition) is 2. The van der Waals surface area contributed by atoms with Gasteiger partial charge in [-0.2, -0.15) is 0 Å². The van der Waals surface area contributed by atoms with Crippen molar-refractivity contribution in [2.24, 2.45) is 0 Å². The number of hydrazine groups is 1. The predicted molar refractivity (Wildman–Crippen MR) is 110 cm³/mol. The average molecular weight is 347 g/mol. The highest BCUT2D eigenvalue weighted by Gasteiger charge is 2.11. The van der Waals surface area contributed by atoms with E-state index < -0.39 is 0 Å². The number of benzene rings is 3. The summed E-state index contributed by atoms with van der Waals surface area (Å²) in [5, 5.41) is 5.82. The second-order valence-corrected chi connectivity index (χ2v) is 6.30. The molecule has 3 aromatic carbocycles. The van der Waals surface area contributed by atoms with Crippen LogP contribution >= 0.6 is 12.2 Å². The Morgan fingerprint density at radius 2 is 1.36 bits per heavy atom. The summed E-state index contributed by atoms with van der Waals surface area (Å²) in [5.41, 5.74) is 8.68. The van der Waals surface area contributed by atoms with Crippen molar-refractivity contribution in [1.29, 1.82) is 0 Å². The lowest BCUT2D eigenvalue weighted by molar-refractivity contribution is 0.943. The lowest BCUT2D eigenvalue weighted by Gasteiger charge is -2.27. The smallest absolute Gasteiger partial charge is 0.190 e. The Balaban J connectivity index is 1.83. The lowest BCUT2D eigenvalue weighted by Crippen LogP contribution is -2.41. The summed E-state index contributed by atoms with van der Waals surface area (Å²) in [5.74, 6) is 0. The van der Waals surface area contributed by atoms with Crippen LogP contribution in [-0.4, -0.2) is 5.11 Å². The molecule has 0 atom stereocenters. The molecular weight excluding hydrogens is 326 g/mol. The van der Waals surface area contributed by atoms with E-state index in [0.717, 1.165) is 22.6 Å². The molecule has 0 spiro atoms. The van der Waals surface area contributed by atoms with Gasteiger partial charge in [-0.3, -0.25) is 10.4 Å². The van der Waals surface area contributed by atoms with Crippen molar-refractivity contribution in [1.82, 2.24) is 5.43 Å². The highest BCUT2D eigenvalue weighted by molar-refractivity contribution is 7.80. The minimum Gasteiger partial charge on any atom is -0.331 e. The average Bonchev–Trinajstić information content (AvgIpc) is 2.64. The van der Waals surface area contributed by atoms with Gasteiger partial charge in [-0.15, -0.1) is 0 Å². The molecule has 3 nitrogen and oxygen atoms in total. The van der Waals surface area contributed by atoms with Crippen molar-refractivity contribution in [3.8, 4) is 0 Å². The Kier molecular flexibility index (Phi) is 5.31. The zero-order valence-corrected chi connectivity index (χ0v) is 15.2. The molecule has 0 saturated heterocycles. The maximum absolute atomic E-state index is 5.55. The third-order valence-electron chi connectivity index (χ3n) is 3.88. The Morgan fingerprint density at radius 3 is 1.92 bits per heavy atom. The minimum atomic E-state index is 0.543. The first-order valence-corrected chi connectivity index (χ1v) is 8.59. The van der Waals surface area contributed by atoms with Crippen LogP contribution in [0.4, 0.5) is 17.1 Å². The second-order valence-electron chi connectivity index (χ2n) is 5.89. The molecule has 0 radical (unpaired) electrons. The predicted octanol–water partition coefficient (Wildman–Crippen LogP) is 5.34. The van der Waals surface area contributed by atoms with Gasteiger partial charge in [0.1, 0.15) is 0 Å². The second kappa shape index (κ2) is 7.81. The van der Waals surface area contributed by atoms with Gasteiger partial charge >= 0.3 is 0 Å². The first kappa shape index (κ1) is 17.0. The summed E-state index contributed by atoms with van der Waals surface area (Å²) >= 11 is 5.55. The van der Waals surface area contributed by atoms with Gasteiger partial charge < -0.3 is 5.32 Å². The molecule has 3 aromatic rings. The number of para-hydroxylation sites is 2. The largest absolute Gasteiger partial charge is 0.331 e. The molecule has 0 heterocycles. The molecule has 0 amide bonds. The topological polar surface area (TPSA) is 27.3 Å². The first-order valence-electron chi connectivity index (χ1n) is 8.18. The van der Waals surface area contributed by atoms with Gasteiger partial charge in [-0.25, -0.2) is 0 Å². The van der Waals surface area contributed by atoms with Crippen molar-refractivity contribution in [3.05, 3.63) is 90.0 Å². The lowest BCUT2D eigenvalue weighted by atomic mass is 10.1. The molecule has 25 heavy (non-hydrogen) atoms. The van der Waals surface area contributed by atoms with E-state index in [4.69, 9.17) is 12.2 Å². The van der Waals surface area contributed by atoms with Crippen LogP contribution in [0.25, 0.3) is 0 Å². The number of hydrogen-bond donors (Lipinski definition) is 2. The van der Waals surface area contributed by atoms with Gasteiger partial charge in [-0.05, 0) is 67.5 Å². The quantitative estimate of drug-likeness (QED) is 0.492. The summed E-state index contributed by atoms with van der Waals surface area (Å²) in [6.45, 7) is 4.14. The summed E-state index contributed by atoms with van der Waals surface area (Å²) in [7, 11) is 0. The fourth-order valence-corrected chi connectivity index (χ4v) is 2.76. The first-order chi connectivity index (χ1) is 12.1. The fraction of sp³-hybridized carbons (Fsp3) is 0.0952. The van der Waals surface area contributed by atoms with Crippen LogP contribution in [0.15, 0.2) is 78.9 Å². The van der Waals surface area contributed by atoms with Crippen LogP contribution < -0.4 is 15.8 Å². The van der Waals surface area contributed by atoms with E-state index >= 15 is 0 Å². The van der Waals surface area contributed by atoms with Crippen molar-refractivity contribution >= 4 is 34.4 Å². The number of nitrogens with one attached hydrogen (secondary N) is 2. The van der Waals surface area contributed by atoms with Crippen molar-refractivity contribution < 1.29 is 0 Å². The molecule has 2 N–H and O–H groups in total. The molecule has 126 valence electrons. The van der Waals surface area contributed by atoms with Gasteiger partial charge in [0.2, 0.25) is 0 Å². The third kappa shape index (κ3) is 4.37. The molecule has 0 unspecified atom stereocenters. The monoisotopic (exact) mass is 347 g/mol. The van der Waals surface area contributed by atoms with E-state index in [1.807, 2.05) is 65.7 Å². The van der Waals surface area contributed by atoms with Crippen LogP contribution in [0.1, 0.15) is 11.1 Å². The molecule has 0 bridgehead atoms. The molecule has 3 rings (SSSR count). The van der Waals surface area contributed by atoms with E-state index in [1.165, 1.54) is 5.56 Å². The van der Waals surface area contributed by atoms with E-state index in [1.54, 1.807) is 0 Å². The number of nitrogens with zero attached hydrogens (tertiary/aromatic N) is 1. The molecule has 0 aliphatic heterocycles. The van der Waals surface area contributed by atoms with Gasteiger partial charge in [0.15, 0.2) is 5.11 Å². The van der Waals surface area contributed by atoms with E-state index in [2.05, 4.69) is 42.8 Å². The minimum absolute atomic E-state index is 0.543. The van der Waals surface area contributed by atoms with Gasteiger partial charge in [-0.1, -0.05) is 48.5 Å². The fourth-order valence-electron chi connectivity index (χ4n) is 2.55. The van der Waals surface area contributed by atoms with Gasteiger partial charge in [0.05, 0.1) is 11.4 Å². The molecular formula is C21H21N3S. The molecule has 4 heteroatoms. The molecule has 0 fully saturated rings. The number of anilines is 3. The van der Waals surface area contributed by atoms with Crippen molar-refractivity contribution in [2.45, 2.75) is 13.8 Å². The van der Waals surface area contributed by atoms with Crippen LogP contribution in [-0.2, 0) is 0 Å². The summed E-state index contributed by atoms with van der Waals surface area (Å²) in [6.07, 6.45) is 0. The molecule has 0 aliphatic rings. The standard InChI is InChI=1S/C21H21N3S/c1-16-13-14-17(2)20(15-16)22-21(25)23-24(18-9-5-3-6-10-18)19-11-7-4-8-12-19/h3-15H,1-2H3,(H2,22,23,25). The number of rotatable bonds is 4. The van der Waals surface area contributed by atoms with Crippen LogP contribution in [0, 0.1) is 13.8 Å². The van der Waals surface area contributed by atoms with Gasteiger partial charge in [0, 0.05) is 5.69 Å². The summed E-state index contributed by atoms with van der Waals surface area (Å²) < 4.78 is 0. The highest BCUT2D eigenvalue weighted by atomic mass is 32.1. The Hall–Kier alpha value is -2.85. The maximum Gasteiger partial charge on any atom is 0.190 e. The van der Waals surface area contributed by atoms with E-state index in [-0.39, 0.29) is 0 Å². The number of thiocarbonyl (C=S) groups is 1. The Labute approximate surface area is 154 Å². The maximum atomic E-state index is 5.55. The van der Waals surface area contributed by atoms with Crippen LogP contribution in [0.3, 0.4) is 0 Å². The van der Waals surface area contributed by atoms with Crippen LogP contribution in [0.5, 0.6) is 0 Å². The zero-order valence-electron chi connectivity index (χ0n) is 14.4. The zero-order chi connectivity index (χ0) is 17.6. The molecule has 0 aliphatic carbocycles. The van der Waals surface area contributed by atoms with Crippen molar-refractivity contribution in [2.75, 3.05) is 10.3 Å². The molecule has 0 aromatic heterocycles. The summed E-state index contributed by atoms with van der Waals surface area (Å²) in [4.78, 5) is 0. The SMILES string of the molecule is Cc1ccc(C)c(NC(=S)NN(c2ccccc2)c2ccccc2)c1. The van der Waals surface area contributed by atoms with E-state index in [0.29, 0.717) is 5.11 Å². The molecule has 0 saturated carbocycles. The Morgan fingerprint density at radius 1 is 0.800 bits per heavy atom. The third-order valence-corrected chi connectivity index (χ3v) is 4.08. The van der Waals surface area contributed by atoms with Gasteiger partial charge in [0.25, 0.3) is 0 Å². The van der Waals surface area contributed by atoms with Crippen molar-refractivity contribution in [3.63, 3.8) is 0 Å². The Bertz CT molecular complexity index is 808. The van der Waals surface area contributed by atoms with Crippen LogP contribution in [0.2, 0.25) is 0 Å².